The summed E-state index contributed by atoms with van der Waals surface area (Å²) < 4.78 is 28.6. The second-order valence-electron chi connectivity index (χ2n) is 4.29. The smallest absolute Gasteiger partial charge is 0.129 e. The van der Waals surface area contributed by atoms with Gasteiger partial charge in [0, 0.05) is 17.2 Å². The summed E-state index contributed by atoms with van der Waals surface area (Å²) in [5, 5.41) is 3.19. The third kappa shape index (κ3) is 3.50. The Balaban J connectivity index is 2.33. The van der Waals surface area contributed by atoms with Crippen LogP contribution < -0.4 is 5.32 Å². The van der Waals surface area contributed by atoms with Crippen LogP contribution >= 0.6 is 34.5 Å². The van der Waals surface area contributed by atoms with Gasteiger partial charge in [0.25, 0.3) is 0 Å². The first kappa shape index (κ1) is 15.7. The number of nitrogens with one attached hydrogen (secondary N) is 1. The maximum Gasteiger partial charge on any atom is 0.129 e. The van der Waals surface area contributed by atoms with E-state index in [0.29, 0.717) is 15.2 Å². The van der Waals surface area contributed by atoms with E-state index in [0.717, 1.165) is 5.56 Å². The molecule has 0 aliphatic carbocycles. The number of hydrogen-bond acceptors (Lipinski definition) is 2. The second-order valence-corrected chi connectivity index (χ2v) is 6.58. The van der Waals surface area contributed by atoms with Gasteiger partial charge in [-0.2, -0.15) is 0 Å². The molecule has 1 aromatic heterocycles. The molecule has 1 unspecified atom stereocenters. The molecule has 0 spiro atoms. The summed E-state index contributed by atoms with van der Waals surface area (Å²) in [6.07, 6.45) is 0.180. The minimum absolute atomic E-state index is 0.0526. The standard InChI is InChI=1S/C14H13Cl2F2NS/c1-2-19-12(9-7-13(15)20-14(9)16)6-8-10(17)4-3-5-11(8)18/h3-5,7,12,19H,2,6H2,1H3. The number of benzene rings is 1. The lowest BCUT2D eigenvalue weighted by Gasteiger charge is -2.18. The van der Waals surface area contributed by atoms with Crippen molar-refractivity contribution in [1.29, 1.82) is 0 Å². The zero-order valence-electron chi connectivity index (χ0n) is 10.7. The Bertz CT molecular complexity index is 581. The Kier molecular flexibility index (Phi) is 5.38. The fourth-order valence-corrected chi connectivity index (χ4v) is 3.64. The Morgan fingerprint density at radius 3 is 2.40 bits per heavy atom. The molecule has 0 saturated heterocycles. The SMILES string of the molecule is CCNC(Cc1c(F)cccc1F)c1cc(Cl)sc1Cl. The molecular formula is C14H13Cl2F2NS. The Morgan fingerprint density at radius 1 is 1.25 bits per heavy atom. The fraction of sp³-hybridized carbons (Fsp3) is 0.286. The van der Waals surface area contributed by atoms with Crippen molar-refractivity contribution in [2.75, 3.05) is 6.54 Å². The van der Waals surface area contributed by atoms with E-state index < -0.39 is 11.6 Å². The molecule has 0 bridgehead atoms. The van der Waals surface area contributed by atoms with Crippen LogP contribution in [-0.4, -0.2) is 6.54 Å². The van der Waals surface area contributed by atoms with Gasteiger partial charge in [0.1, 0.15) is 11.6 Å². The zero-order valence-corrected chi connectivity index (χ0v) is 13.0. The van der Waals surface area contributed by atoms with E-state index in [1.165, 1.54) is 29.5 Å². The molecule has 1 atom stereocenters. The number of thiophene rings is 1. The lowest BCUT2D eigenvalue weighted by atomic mass is 10.00. The first-order valence-electron chi connectivity index (χ1n) is 6.14. The van der Waals surface area contributed by atoms with Crippen molar-refractivity contribution in [1.82, 2.24) is 5.32 Å². The highest BCUT2D eigenvalue weighted by Crippen LogP contribution is 2.36. The molecule has 1 nitrogen and oxygen atoms in total. The predicted octanol–water partition coefficient (Wildman–Crippen LogP) is 5.23. The van der Waals surface area contributed by atoms with Gasteiger partial charge in [-0.15, -0.1) is 11.3 Å². The molecule has 6 heteroatoms. The second kappa shape index (κ2) is 6.85. The van der Waals surface area contributed by atoms with E-state index in [-0.39, 0.29) is 18.0 Å². The molecule has 0 amide bonds. The maximum absolute atomic E-state index is 13.7. The van der Waals surface area contributed by atoms with Crippen molar-refractivity contribution in [2.45, 2.75) is 19.4 Å². The van der Waals surface area contributed by atoms with Crippen LogP contribution in [0.5, 0.6) is 0 Å². The molecule has 0 radical (unpaired) electrons. The van der Waals surface area contributed by atoms with Gasteiger partial charge in [0.05, 0.1) is 8.67 Å². The number of likely N-dealkylation sites (N-methyl/N-ethyl adjacent to an activating group) is 1. The van der Waals surface area contributed by atoms with Crippen molar-refractivity contribution >= 4 is 34.5 Å². The molecule has 108 valence electrons. The molecule has 0 aliphatic rings. The highest BCUT2D eigenvalue weighted by molar-refractivity contribution is 7.20. The third-order valence-electron chi connectivity index (χ3n) is 2.98. The third-order valence-corrected chi connectivity index (χ3v) is 4.50. The molecule has 20 heavy (non-hydrogen) atoms. The van der Waals surface area contributed by atoms with E-state index >= 15 is 0 Å². The topological polar surface area (TPSA) is 12.0 Å². The van der Waals surface area contributed by atoms with Crippen LogP contribution in [-0.2, 0) is 6.42 Å². The summed E-state index contributed by atoms with van der Waals surface area (Å²) in [5.74, 6) is -1.10. The van der Waals surface area contributed by atoms with Crippen LogP contribution in [0.3, 0.4) is 0 Å². The monoisotopic (exact) mass is 335 g/mol. The molecule has 2 rings (SSSR count). The van der Waals surface area contributed by atoms with E-state index in [9.17, 15) is 8.78 Å². The minimum Gasteiger partial charge on any atom is -0.310 e. The number of rotatable bonds is 5. The van der Waals surface area contributed by atoms with Crippen LogP contribution in [0, 0.1) is 11.6 Å². The highest BCUT2D eigenvalue weighted by Gasteiger charge is 2.20. The van der Waals surface area contributed by atoms with Crippen LogP contribution in [0.2, 0.25) is 8.67 Å². The van der Waals surface area contributed by atoms with Crippen molar-refractivity contribution < 1.29 is 8.78 Å². The van der Waals surface area contributed by atoms with Crippen LogP contribution in [0.15, 0.2) is 24.3 Å². The molecule has 0 fully saturated rings. The van der Waals surface area contributed by atoms with Gasteiger partial charge < -0.3 is 5.32 Å². The van der Waals surface area contributed by atoms with E-state index in [2.05, 4.69) is 5.32 Å². The van der Waals surface area contributed by atoms with Crippen molar-refractivity contribution in [2.24, 2.45) is 0 Å². The van der Waals surface area contributed by atoms with Gasteiger partial charge in [-0.3, -0.25) is 0 Å². The molecule has 1 heterocycles. The average Bonchev–Trinajstić information content (AvgIpc) is 2.72. The lowest BCUT2D eigenvalue weighted by Crippen LogP contribution is -2.23. The predicted molar refractivity (Wildman–Crippen MR) is 80.8 cm³/mol. The molecule has 0 aliphatic heterocycles. The van der Waals surface area contributed by atoms with Crippen molar-refractivity contribution in [3.63, 3.8) is 0 Å². The van der Waals surface area contributed by atoms with Crippen LogP contribution in [0.1, 0.15) is 24.1 Å². The van der Waals surface area contributed by atoms with Gasteiger partial charge >= 0.3 is 0 Å². The van der Waals surface area contributed by atoms with Crippen molar-refractivity contribution in [3.8, 4) is 0 Å². The molecule has 1 aromatic carbocycles. The fourth-order valence-electron chi connectivity index (χ4n) is 2.06. The summed E-state index contributed by atoms with van der Waals surface area (Å²) in [7, 11) is 0. The van der Waals surface area contributed by atoms with Gasteiger partial charge in [-0.05, 0) is 31.2 Å². The largest absolute Gasteiger partial charge is 0.310 e. The number of hydrogen-bond donors (Lipinski definition) is 1. The average molecular weight is 336 g/mol. The molecule has 0 saturated carbocycles. The van der Waals surface area contributed by atoms with Crippen LogP contribution in [0.25, 0.3) is 0 Å². The summed E-state index contributed by atoms with van der Waals surface area (Å²) >= 11 is 13.3. The van der Waals surface area contributed by atoms with E-state index in [1.807, 2.05) is 6.92 Å². The van der Waals surface area contributed by atoms with Gasteiger partial charge in [-0.25, -0.2) is 8.78 Å². The van der Waals surface area contributed by atoms with E-state index in [4.69, 9.17) is 23.2 Å². The Morgan fingerprint density at radius 2 is 1.90 bits per heavy atom. The number of halogens is 4. The first-order chi connectivity index (χ1) is 9.52. The van der Waals surface area contributed by atoms with Gasteiger partial charge in [0.2, 0.25) is 0 Å². The first-order valence-corrected chi connectivity index (χ1v) is 7.71. The molecule has 2 aromatic rings. The lowest BCUT2D eigenvalue weighted by molar-refractivity contribution is 0.500. The summed E-state index contributed by atoms with van der Waals surface area (Å²) in [4.78, 5) is 0. The summed E-state index contributed by atoms with van der Waals surface area (Å²) in [6.45, 7) is 2.58. The maximum atomic E-state index is 13.7. The molecular weight excluding hydrogens is 323 g/mol. The quantitative estimate of drug-likeness (QED) is 0.789. The van der Waals surface area contributed by atoms with Gasteiger partial charge in [0.15, 0.2) is 0 Å². The van der Waals surface area contributed by atoms with Gasteiger partial charge in [-0.1, -0.05) is 36.2 Å². The Labute approximate surface area is 130 Å². The van der Waals surface area contributed by atoms with Crippen molar-refractivity contribution in [3.05, 3.63) is 55.7 Å². The minimum atomic E-state index is -0.551. The zero-order chi connectivity index (χ0) is 14.7. The molecule has 1 N–H and O–H groups in total. The van der Waals surface area contributed by atoms with Crippen LogP contribution in [0.4, 0.5) is 8.78 Å². The summed E-state index contributed by atoms with van der Waals surface area (Å²) in [6, 6.07) is 5.32. The summed E-state index contributed by atoms with van der Waals surface area (Å²) in [5.41, 5.74) is 0.822. The van der Waals surface area contributed by atoms with E-state index in [1.54, 1.807) is 6.07 Å². The highest BCUT2D eigenvalue weighted by atomic mass is 35.5. The normalized spacial score (nSPS) is 12.7. The Hall–Kier alpha value is -0.680.